The summed E-state index contributed by atoms with van der Waals surface area (Å²) in [6, 6.07) is 29.3. The summed E-state index contributed by atoms with van der Waals surface area (Å²) >= 11 is 0. The summed E-state index contributed by atoms with van der Waals surface area (Å²) in [4.78, 5) is 12.5. The van der Waals surface area contributed by atoms with Crippen molar-refractivity contribution < 1.29 is 22.3 Å². The van der Waals surface area contributed by atoms with Crippen LogP contribution in [0.5, 0.6) is 11.5 Å². The average molecular weight is 505 g/mol. The third-order valence-corrected chi connectivity index (χ3v) is 7.50. The lowest BCUT2D eigenvalue weighted by Gasteiger charge is -2.28. The molecule has 0 aliphatic rings. The van der Waals surface area contributed by atoms with E-state index in [9.17, 15) is 17.6 Å². The van der Waals surface area contributed by atoms with E-state index in [0.29, 0.717) is 22.7 Å². The number of rotatable bonds is 9. The number of halogens is 1. The standard InChI is InChI=1S/C28H25FN2O4S/c1-21(22-10-4-2-5-11-22)31(36(33,34)27-15-9-8-14-26(27)29)20-28(32)30-23-16-18-25(19-17-23)35-24-12-6-3-7-13-24/h2-19,21H,20H2,1H3,(H,30,32)/t21-/m0/s1. The van der Waals surface area contributed by atoms with Crippen molar-refractivity contribution in [2.45, 2.75) is 17.9 Å². The molecule has 0 saturated carbocycles. The van der Waals surface area contributed by atoms with Crippen molar-refractivity contribution in [3.05, 3.63) is 121 Å². The Kier molecular flexibility index (Phi) is 7.77. The molecule has 0 spiro atoms. The van der Waals surface area contributed by atoms with Crippen LogP contribution in [0, 0.1) is 5.82 Å². The summed E-state index contributed by atoms with van der Waals surface area (Å²) in [5, 5.41) is 2.71. The number of ether oxygens (including phenoxy) is 1. The lowest BCUT2D eigenvalue weighted by atomic mass is 10.1. The number of benzene rings is 4. The molecule has 0 aliphatic heterocycles. The SMILES string of the molecule is C[C@@H](c1ccccc1)N(CC(=O)Nc1ccc(Oc2ccccc2)cc1)S(=O)(=O)c1ccccc1F. The molecule has 0 saturated heterocycles. The van der Waals surface area contributed by atoms with E-state index in [0.717, 1.165) is 10.4 Å². The van der Waals surface area contributed by atoms with Gasteiger partial charge in [-0.15, -0.1) is 0 Å². The Morgan fingerprint density at radius 3 is 2.03 bits per heavy atom. The van der Waals surface area contributed by atoms with Crippen LogP contribution in [0.2, 0.25) is 0 Å². The Bertz CT molecular complexity index is 1410. The first-order valence-corrected chi connectivity index (χ1v) is 12.7. The molecule has 0 fully saturated rings. The second-order valence-electron chi connectivity index (χ2n) is 8.06. The Balaban J connectivity index is 1.54. The first kappa shape index (κ1) is 25.1. The molecule has 1 amide bonds. The number of para-hydroxylation sites is 1. The second kappa shape index (κ2) is 11.2. The number of amides is 1. The highest BCUT2D eigenvalue weighted by Crippen LogP contribution is 2.29. The maximum Gasteiger partial charge on any atom is 0.247 e. The summed E-state index contributed by atoms with van der Waals surface area (Å²) in [7, 11) is -4.33. The molecule has 0 aromatic heterocycles. The number of anilines is 1. The molecule has 0 heterocycles. The highest BCUT2D eigenvalue weighted by atomic mass is 32.2. The van der Waals surface area contributed by atoms with Crippen molar-refractivity contribution in [3.8, 4) is 11.5 Å². The van der Waals surface area contributed by atoms with E-state index in [4.69, 9.17) is 4.74 Å². The molecule has 4 rings (SSSR count). The van der Waals surface area contributed by atoms with Gasteiger partial charge in [0, 0.05) is 11.7 Å². The van der Waals surface area contributed by atoms with E-state index in [1.54, 1.807) is 55.5 Å². The number of nitrogens with zero attached hydrogens (tertiary/aromatic N) is 1. The van der Waals surface area contributed by atoms with Gasteiger partial charge in [0.2, 0.25) is 15.9 Å². The number of nitrogens with one attached hydrogen (secondary N) is 1. The van der Waals surface area contributed by atoms with Crippen LogP contribution in [0.25, 0.3) is 0 Å². The van der Waals surface area contributed by atoms with Crippen LogP contribution in [0.4, 0.5) is 10.1 Å². The summed E-state index contributed by atoms with van der Waals surface area (Å²) in [6.07, 6.45) is 0. The van der Waals surface area contributed by atoms with Crippen molar-refractivity contribution >= 4 is 21.6 Å². The minimum atomic E-state index is -4.33. The molecule has 4 aromatic carbocycles. The number of carbonyl (C=O) groups is 1. The first-order chi connectivity index (χ1) is 17.3. The van der Waals surface area contributed by atoms with Crippen LogP contribution in [0.15, 0.2) is 114 Å². The fourth-order valence-corrected chi connectivity index (χ4v) is 5.32. The van der Waals surface area contributed by atoms with Gasteiger partial charge in [0.25, 0.3) is 0 Å². The van der Waals surface area contributed by atoms with Crippen molar-refractivity contribution in [3.63, 3.8) is 0 Å². The Morgan fingerprint density at radius 1 is 0.833 bits per heavy atom. The zero-order valence-corrected chi connectivity index (χ0v) is 20.4. The summed E-state index contributed by atoms with van der Waals surface area (Å²) in [6.45, 7) is 1.16. The number of carbonyl (C=O) groups excluding carboxylic acids is 1. The van der Waals surface area contributed by atoms with Gasteiger partial charge in [-0.1, -0.05) is 60.7 Å². The molecular formula is C28H25FN2O4S. The molecular weight excluding hydrogens is 479 g/mol. The van der Waals surface area contributed by atoms with E-state index in [-0.39, 0.29) is 0 Å². The molecule has 0 unspecified atom stereocenters. The maximum atomic E-state index is 14.5. The largest absolute Gasteiger partial charge is 0.457 e. The smallest absolute Gasteiger partial charge is 0.247 e. The zero-order chi connectivity index (χ0) is 25.5. The predicted octanol–water partition coefficient (Wildman–Crippen LogP) is 6.01. The molecule has 0 radical (unpaired) electrons. The van der Waals surface area contributed by atoms with Gasteiger partial charge in [-0.2, -0.15) is 4.31 Å². The van der Waals surface area contributed by atoms with Crippen LogP contribution in [0.1, 0.15) is 18.5 Å². The van der Waals surface area contributed by atoms with Crippen LogP contribution >= 0.6 is 0 Å². The van der Waals surface area contributed by atoms with Gasteiger partial charge < -0.3 is 10.1 Å². The first-order valence-electron chi connectivity index (χ1n) is 11.3. The fourth-order valence-electron chi connectivity index (χ4n) is 3.68. The molecule has 8 heteroatoms. The molecule has 184 valence electrons. The Morgan fingerprint density at radius 2 is 1.39 bits per heavy atom. The quantitative estimate of drug-likeness (QED) is 0.303. The fraction of sp³-hybridized carbons (Fsp3) is 0.107. The van der Waals surface area contributed by atoms with Gasteiger partial charge in [-0.25, -0.2) is 12.8 Å². The van der Waals surface area contributed by atoms with E-state index >= 15 is 0 Å². The summed E-state index contributed by atoms with van der Waals surface area (Å²) < 4.78 is 48.2. The number of sulfonamides is 1. The van der Waals surface area contributed by atoms with Gasteiger partial charge in [-0.3, -0.25) is 4.79 Å². The Labute approximate surface area is 210 Å². The minimum Gasteiger partial charge on any atom is -0.457 e. The third kappa shape index (κ3) is 5.97. The van der Waals surface area contributed by atoms with E-state index in [1.807, 2.05) is 36.4 Å². The molecule has 6 nitrogen and oxygen atoms in total. The summed E-state index contributed by atoms with van der Waals surface area (Å²) in [5.41, 5.74) is 1.14. The maximum absolute atomic E-state index is 14.5. The number of hydrogen-bond donors (Lipinski definition) is 1. The molecule has 1 N–H and O–H groups in total. The molecule has 36 heavy (non-hydrogen) atoms. The van der Waals surface area contributed by atoms with Gasteiger partial charge >= 0.3 is 0 Å². The zero-order valence-electron chi connectivity index (χ0n) is 19.5. The van der Waals surface area contributed by atoms with Gasteiger partial charge in [0.15, 0.2) is 0 Å². The van der Waals surface area contributed by atoms with E-state index in [1.165, 1.54) is 18.2 Å². The van der Waals surface area contributed by atoms with E-state index in [2.05, 4.69) is 5.32 Å². The highest BCUT2D eigenvalue weighted by molar-refractivity contribution is 7.89. The van der Waals surface area contributed by atoms with Gasteiger partial charge in [-0.05, 0) is 61.0 Å². The Hall–Kier alpha value is -4.01. The van der Waals surface area contributed by atoms with Gasteiger partial charge in [0.1, 0.15) is 22.2 Å². The topological polar surface area (TPSA) is 75.7 Å². The van der Waals surface area contributed by atoms with E-state index < -0.39 is 39.2 Å². The lowest BCUT2D eigenvalue weighted by molar-refractivity contribution is -0.116. The van der Waals surface area contributed by atoms with Crippen LogP contribution < -0.4 is 10.1 Å². The van der Waals surface area contributed by atoms with Crippen LogP contribution in [-0.2, 0) is 14.8 Å². The summed E-state index contributed by atoms with van der Waals surface area (Å²) in [5.74, 6) is -0.176. The monoisotopic (exact) mass is 504 g/mol. The highest BCUT2D eigenvalue weighted by Gasteiger charge is 2.33. The van der Waals surface area contributed by atoms with Crippen LogP contribution in [-0.4, -0.2) is 25.2 Å². The third-order valence-electron chi connectivity index (χ3n) is 5.55. The molecule has 1 atom stereocenters. The van der Waals surface area contributed by atoms with Gasteiger partial charge in [0.05, 0.1) is 6.54 Å². The van der Waals surface area contributed by atoms with Crippen molar-refractivity contribution in [2.24, 2.45) is 0 Å². The molecule has 0 aliphatic carbocycles. The number of hydrogen-bond acceptors (Lipinski definition) is 4. The van der Waals surface area contributed by atoms with Crippen LogP contribution in [0.3, 0.4) is 0 Å². The van der Waals surface area contributed by atoms with Crippen molar-refractivity contribution in [1.29, 1.82) is 0 Å². The average Bonchev–Trinajstić information content (AvgIpc) is 2.89. The van der Waals surface area contributed by atoms with Crippen molar-refractivity contribution in [1.82, 2.24) is 4.31 Å². The molecule has 0 bridgehead atoms. The normalized spacial score (nSPS) is 12.2. The predicted molar refractivity (Wildman–Crippen MR) is 137 cm³/mol. The van der Waals surface area contributed by atoms with Crippen molar-refractivity contribution in [2.75, 3.05) is 11.9 Å². The molecule has 4 aromatic rings. The second-order valence-corrected chi connectivity index (χ2v) is 9.91. The minimum absolute atomic E-state index is 0.469. The lowest BCUT2D eigenvalue weighted by Crippen LogP contribution is -2.40.